The first-order chi connectivity index (χ1) is 30.9. The summed E-state index contributed by atoms with van der Waals surface area (Å²) in [4.78, 5) is 38.4. The van der Waals surface area contributed by atoms with Crippen LogP contribution in [0, 0.1) is 11.9 Å². The van der Waals surface area contributed by atoms with E-state index in [1.165, 1.54) is 25.2 Å². The van der Waals surface area contributed by atoms with Crippen LogP contribution in [-0.2, 0) is 15.9 Å². The van der Waals surface area contributed by atoms with E-state index in [-0.39, 0.29) is 12.2 Å². The van der Waals surface area contributed by atoms with Crippen molar-refractivity contribution >= 4 is 33.4 Å². The molecule has 15 nitrogen and oxygen atoms in total. The molecule has 16 heteroatoms. The number of benzene rings is 2. The van der Waals surface area contributed by atoms with Crippen molar-refractivity contribution in [2.24, 2.45) is 11.7 Å². The zero-order valence-electron chi connectivity index (χ0n) is 35.4. The number of rotatable bonds is 8. The van der Waals surface area contributed by atoms with Crippen molar-refractivity contribution < 1.29 is 23.3 Å². The first-order valence-electron chi connectivity index (χ1n) is 22.5. The van der Waals surface area contributed by atoms with Crippen molar-refractivity contribution in [3.63, 3.8) is 0 Å². The third-order valence-corrected chi connectivity index (χ3v) is 13.0. The van der Waals surface area contributed by atoms with Crippen LogP contribution in [-0.4, -0.2) is 109 Å². The first kappa shape index (κ1) is 41.3. The smallest absolute Gasteiger partial charge is 0.231 e. The monoisotopic (exact) mass is 855 g/mol. The van der Waals surface area contributed by atoms with E-state index >= 15 is 0 Å². The Hall–Kier alpha value is -5.71. The predicted octanol–water partition coefficient (Wildman–Crippen LogP) is 6.45. The molecule has 14 rings (SSSR count). The van der Waals surface area contributed by atoms with Crippen LogP contribution >= 0.6 is 0 Å². The van der Waals surface area contributed by atoms with Crippen molar-refractivity contribution in [2.75, 3.05) is 36.0 Å². The molecule has 6 aliphatic heterocycles. The number of piperidine rings is 2. The second kappa shape index (κ2) is 19.0. The Morgan fingerprint density at radius 3 is 1.51 bits per heavy atom. The van der Waals surface area contributed by atoms with Crippen LogP contribution < -0.4 is 25.0 Å². The van der Waals surface area contributed by atoms with Crippen molar-refractivity contribution in [2.45, 2.75) is 113 Å². The quantitative estimate of drug-likeness (QED) is 0.177. The van der Waals surface area contributed by atoms with Gasteiger partial charge in [0.05, 0.1) is 53.9 Å². The SMILES string of the molecule is Fc1cnccn1.NC1CCC(Oc2cc(N3CC4CC(C3)O4)cc3nccnc23)CC1.c1cnc(CC2CCC(Oc3cc(N4CC5CC(C4)O5)cc4nccnc34)CC2)nc1. The molecule has 2 aliphatic carbocycles. The van der Waals surface area contributed by atoms with Gasteiger partial charge in [-0.1, -0.05) is 0 Å². The molecule has 0 radical (unpaired) electrons. The fourth-order valence-electron chi connectivity index (χ4n) is 9.73. The third-order valence-electron chi connectivity index (χ3n) is 13.0. The Labute approximate surface area is 366 Å². The van der Waals surface area contributed by atoms with Gasteiger partial charge in [0, 0.05) is 125 Å². The number of nitrogens with two attached hydrogens (primary N) is 1. The van der Waals surface area contributed by atoms with Crippen molar-refractivity contribution in [3.05, 3.63) is 97.9 Å². The molecule has 6 saturated heterocycles. The molecule has 4 bridgehead atoms. The second-order valence-corrected chi connectivity index (χ2v) is 17.6. The number of hydrogen-bond donors (Lipinski definition) is 1. The molecule has 0 amide bonds. The van der Waals surface area contributed by atoms with Gasteiger partial charge in [-0.05, 0) is 75.5 Å². The molecule has 8 aliphatic rings. The van der Waals surface area contributed by atoms with Crippen LogP contribution in [0.3, 0.4) is 0 Å². The lowest BCUT2D eigenvalue weighted by Crippen LogP contribution is -2.57. The molecule has 2 saturated carbocycles. The number of morpholine rings is 2. The van der Waals surface area contributed by atoms with Gasteiger partial charge in [0.15, 0.2) is 0 Å². The molecule has 2 N–H and O–H groups in total. The van der Waals surface area contributed by atoms with Gasteiger partial charge < -0.3 is 34.5 Å². The summed E-state index contributed by atoms with van der Waals surface area (Å²) in [5, 5.41) is 0. The van der Waals surface area contributed by atoms with Crippen LogP contribution in [0.5, 0.6) is 11.5 Å². The Bertz CT molecular complexity index is 2410. The maximum absolute atomic E-state index is 11.7. The number of halogens is 1. The second-order valence-electron chi connectivity index (χ2n) is 17.6. The number of hydrogen-bond acceptors (Lipinski definition) is 15. The normalized spacial score (nSPS) is 27.1. The van der Waals surface area contributed by atoms with Gasteiger partial charge >= 0.3 is 0 Å². The topological polar surface area (TPSA) is 173 Å². The average molecular weight is 856 g/mol. The predicted molar refractivity (Wildman–Crippen MR) is 235 cm³/mol. The summed E-state index contributed by atoms with van der Waals surface area (Å²) in [6, 6.07) is 10.7. The van der Waals surface area contributed by atoms with Crippen LogP contribution in [0.2, 0.25) is 0 Å². The van der Waals surface area contributed by atoms with Crippen molar-refractivity contribution in [3.8, 4) is 11.5 Å². The number of fused-ring (bicyclic) bond motifs is 6. The van der Waals surface area contributed by atoms with Crippen LogP contribution in [0.1, 0.15) is 70.0 Å². The zero-order valence-corrected chi connectivity index (χ0v) is 35.4. The van der Waals surface area contributed by atoms with E-state index in [1.54, 1.807) is 24.8 Å². The Kier molecular flexibility index (Phi) is 12.4. The van der Waals surface area contributed by atoms with Gasteiger partial charge in [-0.2, -0.15) is 4.39 Å². The molecule has 4 atom stereocenters. The molecule has 63 heavy (non-hydrogen) atoms. The Morgan fingerprint density at radius 1 is 0.571 bits per heavy atom. The fraction of sp³-hybridized carbons (Fsp3) is 0.489. The fourth-order valence-corrected chi connectivity index (χ4v) is 9.73. The summed E-state index contributed by atoms with van der Waals surface area (Å²) < 4.78 is 36.2. The van der Waals surface area contributed by atoms with E-state index < -0.39 is 5.95 Å². The van der Waals surface area contributed by atoms with Gasteiger partial charge in [0.2, 0.25) is 5.95 Å². The van der Waals surface area contributed by atoms with Gasteiger partial charge in [-0.3, -0.25) is 15.0 Å². The minimum absolute atomic E-state index is 0.214. The number of anilines is 2. The van der Waals surface area contributed by atoms with E-state index in [4.69, 9.17) is 24.7 Å². The van der Waals surface area contributed by atoms with Gasteiger partial charge in [0.25, 0.3) is 0 Å². The lowest BCUT2D eigenvalue weighted by atomic mass is 9.85. The summed E-state index contributed by atoms with van der Waals surface area (Å²) in [5.41, 5.74) is 11.8. The van der Waals surface area contributed by atoms with E-state index in [1.807, 2.05) is 18.5 Å². The molecule has 4 unspecified atom stereocenters. The standard InChI is InChI=1S/C24H27N5O2.C19H24N4O2.C4H3FN2/c1-6-26-23(27-7-1)10-16-2-4-18(5-3-16)31-22-12-17(11-21-24(22)28-9-8-25-21)29-14-19-13-20(15-29)30-19;20-12-1-3-14(4-2-12)25-18-8-13(7-17-19(18)22-6-5-21-17)23-10-15-9-16(11-23)24-15;5-4-3-6-1-2-7-4/h1,6-9,11-12,16,18-20H,2-5,10,13-15H2;5-8,12,14-16H,1-4,9-11,20H2;1-3H. The molecule has 10 heterocycles. The molecule has 328 valence electrons. The molecular formula is C47H54FN11O4. The molecule has 4 aromatic heterocycles. The minimum Gasteiger partial charge on any atom is -0.488 e. The van der Waals surface area contributed by atoms with E-state index in [9.17, 15) is 4.39 Å². The highest BCUT2D eigenvalue weighted by Crippen LogP contribution is 2.39. The van der Waals surface area contributed by atoms with Gasteiger partial charge in [0.1, 0.15) is 28.4 Å². The molecule has 6 aromatic rings. The lowest BCUT2D eigenvalue weighted by molar-refractivity contribution is -0.133. The molecule has 8 fully saturated rings. The minimum atomic E-state index is -0.539. The van der Waals surface area contributed by atoms with Crippen LogP contribution in [0.15, 0.2) is 86.1 Å². The lowest BCUT2D eigenvalue weighted by Gasteiger charge is -2.48. The average Bonchev–Trinajstić information content (AvgIpc) is 3.31. The Balaban J connectivity index is 0.000000132. The summed E-state index contributed by atoms with van der Waals surface area (Å²) in [7, 11) is 0. The first-order valence-corrected chi connectivity index (χ1v) is 22.5. The molecule has 2 aromatic carbocycles. The largest absolute Gasteiger partial charge is 0.488 e. The maximum atomic E-state index is 11.7. The van der Waals surface area contributed by atoms with Crippen molar-refractivity contribution in [1.82, 2.24) is 39.9 Å². The van der Waals surface area contributed by atoms with Crippen LogP contribution in [0.4, 0.5) is 15.8 Å². The van der Waals surface area contributed by atoms with E-state index in [0.29, 0.717) is 36.4 Å². The highest BCUT2D eigenvalue weighted by atomic mass is 19.1. The Morgan fingerprint density at radius 2 is 1.05 bits per heavy atom. The van der Waals surface area contributed by atoms with Gasteiger partial charge in [-0.25, -0.2) is 24.9 Å². The summed E-state index contributed by atoms with van der Waals surface area (Å²) in [6.07, 6.45) is 28.1. The zero-order chi connectivity index (χ0) is 42.5. The third kappa shape index (κ3) is 10.1. The molecular weight excluding hydrogens is 802 g/mol. The number of ether oxygens (including phenoxy) is 4. The maximum Gasteiger partial charge on any atom is 0.231 e. The van der Waals surface area contributed by atoms with Gasteiger partial charge in [-0.15, -0.1) is 0 Å². The van der Waals surface area contributed by atoms with Crippen LogP contribution in [0.25, 0.3) is 22.1 Å². The summed E-state index contributed by atoms with van der Waals surface area (Å²) >= 11 is 0. The van der Waals surface area contributed by atoms with E-state index in [2.05, 4.69) is 73.9 Å². The number of aromatic nitrogens is 8. The summed E-state index contributed by atoms with van der Waals surface area (Å²) in [5.74, 6) is 2.74. The molecule has 0 spiro atoms. The van der Waals surface area contributed by atoms with Crippen molar-refractivity contribution in [1.29, 1.82) is 0 Å². The number of nitrogens with zero attached hydrogens (tertiary/aromatic N) is 10. The highest BCUT2D eigenvalue weighted by molar-refractivity contribution is 5.86. The van der Waals surface area contributed by atoms with E-state index in [0.717, 1.165) is 141 Å². The summed E-state index contributed by atoms with van der Waals surface area (Å²) in [6.45, 7) is 3.77. The highest BCUT2D eigenvalue weighted by Gasteiger charge is 2.40.